The van der Waals surface area contributed by atoms with Crippen LogP contribution in [0, 0.1) is 0 Å². The molecule has 0 saturated heterocycles. The molecule has 2 N–H and O–H groups in total. The smallest absolute Gasteiger partial charge is 0.328 e. The summed E-state index contributed by atoms with van der Waals surface area (Å²) in [4.78, 5) is 32.2. The van der Waals surface area contributed by atoms with Crippen LogP contribution in [0.4, 0.5) is 0 Å². The monoisotopic (exact) mass is 245 g/mol. The van der Waals surface area contributed by atoms with E-state index in [0.717, 1.165) is 23.9 Å². The molecular formula is C10H15NO4S. The summed E-state index contributed by atoms with van der Waals surface area (Å²) in [5.41, 5.74) is 0. The lowest BCUT2D eigenvalue weighted by molar-refractivity contribution is -0.131. The lowest BCUT2D eigenvalue weighted by Crippen LogP contribution is -2.35. The second-order valence-corrected chi connectivity index (χ2v) is 5.47. The van der Waals surface area contributed by atoms with Crippen LogP contribution in [0.3, 0.4) is 0 Å². The standard InChI is InChI=1S/C10H15NO4S/c1-7(12)11-6-10(2,3)16-9(15)5-4-8(13)14/h4-5H,6H2,1-3H3,(H,11,12)(H,13,14)/b5-4+. The van der Waals surface area contributed by atoms with Gasteiger partial charge in [0.15, 0.2) is 0 Å². The lowest BCUT2D eigenvalue weighted by Gasteiger charge is -2.22. The maximum Gasteiger partial charge on any atom is 0.328 e. The fraction of sp³-hybridized carbons (Fsp3) is 0.500. The number of thioether (sulfide) groups is 1. The van der Waals surface area contributed by atoms with Crippen molar-refractivity contribution in [3.05, 3.63) is 12.2 Å². The van der Waals surface area contributed by atoms with Gasteiger partial charge >= 0.3 is 5.97 Å². The first kappa shape index (κ1) is 14.7. The third-order valence-electron chi connectivity index (χ3n) is 1.50. The Bertz CT molecular complexity index is 323. The molecule has 0 bridgehead atoms. The number of carboxylic acids is 1. The van der Waals surface area contributed by atoms with Crippen LogP contribution in [0.25, 0.3) is 0 Å². The van der Waals surface area contributed by atoms with Gasteiger partial charge in [0.25, 0.3) is 0 Å². The maximum atomic E-state index is 11.3. The quantitative estimate of drug-likeness (QED) is 0.700. The fourth-order valence-corrected chi connectivity index (χ4v) is 1.64. The first-order valence-electron chi connectivity index (χ1n) is 4.61. The summed E-state index contributed by atoms with van der Waals surface area (Å²) in [5, 5.41) is 10.6. The highest BCUT2D eigenvalue weighted by atomic mass is 32.2. The highest BCUT2D eigenvalue weighted by molar-refractivity contribution is 8.15. The van der Waals surface area contributed by atoms with Gasteiger partial charge in [-0.2, -0.15) is 0 Å². The van der Waals surface area contributed by atoms with Crippen LogP contribution in [-0.4, -0.2) is 33.4 Å². The zero-order valence-corrected chi connectivity index (χ0v) is 10.3. The van der Waals surface area contributed by atoms with E-state index >= 15 is 0 Å². The molecule has 0 saturated carbocycles. The van der Waals surface area contributed by atoms with Crippen molar-refractivity contribution in [3.63, 3.8) is 0 Å². The van der Waals surface area contributed by atoms with Gasteiger partial charge < -0.3 is 10.4 Å². The molecule has 0 heterocycles. The zero-order chi connectivity index (χ0) is 12.8. The van der Waals surface area contributed by atoms with Crippen molar-refractivity contribution in [2.24, 2.45) is 0 Å². The molecule has 5 nitrogen and oxygen atoms in total. The second kappa shape index (κ2) is 6.32. The molecule has 0 aromatic heterocycles. The summed E-state index contributed by atoms with van der Waals surface area (Å²) in [7, 11) is 0. The average molecular weight is 245 g/mol. The van der Waals surface area contributed by atoms with Gasteiger partial charge in [0.2, 0.25) is 11.0 Å². The number of carbonyl (C=O) groups is 3. The molecule has 90 valence electrons. The minimum Gasteiger partial charge on any atom is -0.478 e. The maximum absolute atomic E-state index is 11.3. The molecule has 0 spiro atoms. The number of nitrogens with one attached hydrogen (secondary N) is 1. The molecule has 0 atom stereocenters. The van der Waals surface area contributed by atoms with E-state index in [1.54, 1.807) is 13.8 Å². The van der Waals surface area contributed by atoms with Crippen LogP contribution in [0.2, 0.25) is 0 Å². The predicted molar refractivity (Wildman–Crippen MR) is 62.1 cm³/mol. The van der Waals surface area contributed by atoms with Crippen molar-refractivity contribution in [3.8, 4) is 0 Å². The van der Waals surface area contributed by atoms with Crippen LogP contribution in [-0.2, 0) is 14.4 Å². The summed E-state index contributed by atoms with van der Waals surface area (Å²) in [6.07, 6.45) is 1.80. The largest absolute Gasteiger partial charge is 0.478 e. The van der Waals surface area contributed by atoms with E-state index in [1.807, 2.05) is 0 Å². The van der Waals surface area contributed by atoms with Crippen LogP contribution in [0.15, 0.2) is 12.2 Å². The van der Waals surface area contributed by atoms with Crippen molar-refractivity contribution in [2.75, 3.05) is 6.54 Å². The topological polar surface area (TPSA) is 83.5 Å². The summed E-state index contributed by atoms with van der Waals surface area (Å²) in [6, 6.07) is 0. The summed E-state index contributed by atoms with van der Waals surface area (Å²) >= 11 is 0.982. The Balaban J connectivity index is 4.19. The van der Waals surface area contributed by atoms with Gasteiger partial charge in [-0.25, -0.2) is 4.79 Å². The van der Waals surface area contributed by atoms with E-state index in [4.69, 9.17) is 5.11 Å². The van der Waals surface area contributed by atoms with Gasteiger partial charge in [-0.15, -0.1) is 0 Å². The number of aliphatic carboxylic acids is 1. The zero-order valence-electron chi connectivity index (χ0n) is 9.44. The Morgan fingerprint density at radius 3 is 2.31 bits per heavy atom. The molecule has 0 radical (unpaired) electrons. The van der Waals surface area contributed by atoms with E-state index in [0.29, 0.717) is 6.54 Å². The van der Waals surface area contributed by atoms with E-state index in [2.05, 4.69) is 5.32 Å². The summed E-state index contributed by atoms with van der Waals surface area (Å²) < 4.78 is -0.467. The molecule has 0 aliphatic rings. The van der Waals surface area contributed by atoms with Crippen molar-refractivity contribution in [1.82, 2.24) is 5.32 Å². The Labute approximate surface area is 98.3 Å². The Kier molecular flexibility index (Phi) is 5.81. The van der Waals surface area contributed by atoms with Crippen LogP contribution < -0.4 is 5.32 Å². The lowest BCUT2D eigenvalue weighted by atomic mass is 10.2. The van der Waals surface area contributed by atoms with Crippen molar-refractivity contribution < 1.29 is 19.5 Å². The molecule has 6 heteroatoms. The molecule has 0 aromatic carbocycles. The van der Waals surface area contributed by atoms with Gasteiger partial charge in [-0.3, -0.25) is 9.59 Å². The van der Waals surface area contributed by atoms with Gasteiger partial charge in [0.05, 0.1) is 0 Å². The van der Waals surface area contributed by atoms with E-state index < -0.39 is 10.7 Å². The van der Waals surface area contributed by atoms with Crippen molar-refractivity contribution in [1.29, 1.82) is 0 Å². The molecule has 0 aromatic rings. The fourth-order valence-electron chi connectivity index (χ4n) is 0.819. The summed E-state index contributed by atoms with van der Waals surface area (Å²) in [5.74, 6) is -1.32. The van der Waals surface area contributed by atoms with E-state index in [1.165, 1.54) is 6.92 Å². The minimum absolute atomic E-state index is 0.165. The number of amides is 1. The minimum atomic E-state index is -1.16. The highest BCUT2D eigenvalue weighted by Gasteiger charge is 2.22. The summed E-state index contributed by atoms with van der Waals surface area (Å²) in [6.45, 7) is 5.33. The van der Waals surface area contributed by atoms with Crippen molar-refractivity contribution in [2.45, 2.75) is 25.5 Å². The number of rotatable bonds is 5. The Morgan fingerprint density at radius 2 is 1.88 bits per heavy atom. The molecule has 0 unspecified atom stereocenters. The molecule has 0 aliphatic carbocycles. The van der Waals surface area contributed by atoms with Crippen molar-refractivity contribution >= 4 is 28.8 Å². The molecule has 16 heavy (non-hydrogen) atoms. The Morgan fingerprint density at radius 1 is 1.31 bits per heavy atom. The predicted octanol–water partition coefficient (Wildman–Crippen LogP) is 0.802. The van der Waals surface area contributed by atoms with Gasteiger partial charge in [-0.05, 0) is 19.9 Å². The SMILES string of the molecule is CC(=O)NCC(C)(C)SC(=O)/C=C/C(=O)O. The number of hydrogen-bond acceptors (Lipinski definition) is 4. The van der Waals surface area contributed by atoms with Crippen LogP contribution in [0.1, 0.15) is 20.8 Å². The Hall–Kier alpha value is -1.30. The van der Waals surface area contributed by atoms with Gasteiger partial charge in [0, 0.05) is 24.3 Å². The number of carbonyl (C=O) groups excluding carboxylic acids is 2. The normalized spacial score (nSPS) is 11.4. The van der Waals surface area contributed by atoms with E-state index in [-0.39, 0.29) is 11.0 Å². The molecule has 1 amide bonds. The van der Waals surface area contributed by atoms with Crippen LogP contribution >= 0.6 is 11.8 Å². The molecule has 0 aliphatic heterocycles. The first-order chi connectivity index (χ1) is 7.23. The average Bonchev–Trinajstić information content (AvgIpc) is 2.11. The number of hydrogen-bond donors (Lipinski definition) is 2. The third kappa shape index (κ3) is 8.05. The third-order valence-corrected chi connectivity index (χ3v) is 2.54. The molecule has 0 rings (SSSR count). The van der Waals surface area contributed by atoms with E-state index in [9.17, 15) is 14.4 Å². The van der Waals surface area contributed by atoms with Gasteiger partial charge in [-0.1, -0.05) is 11.8 Å². The molecular weight excluding hydrogens is 230 g/mol. The van der Waals surface area contributed by atoms with Crippen LogP contribution in [0.5, 0.6) is 0 Å². The first-order valence-corrected chi connectivity index (χ1v) is 5.43. The molecule has 0 fully saturated rings. The number of carboxylic acid groups (broad SMARTS) is 1. The van der Waals surface area contributed by atoms with Gasteiger partial charge in [0.1, 0.15) is 0 Å². The second-order valence-electron chi connectivity index (χ2n) is 3.76. The highest BCUT2D eigenvalue weighted by Crippen LogP contribution is 2.24.